The van der Waals surface area contributed by atoms with E-state index in [1.807, 2.05) is 6.92 Å². The van der Waals surface area contributed by atoms with Crippen molar-refractivity contribution in [2.24, 2.45) is 0 Å². The molecule has 130 valence electrons. The number of aromatic nitrogens is 4. The average Bonchev–Trinajstić information content (AvgIpc) is 3.19. The molecule has 1 atom stereocenters. The van der Waals surface area contributed by atoms with Crippen molar-refractivity contribution in [1.29, 1.82) is 0 Å². The SMILES string of the molecule is Cc1noc(CN(C)C2CCCN(Cc3noc(C4CC4)n3)C2)n1. The van der Waals surface area contributed by atoms with Crippen LogP contribution in [0.5, 0.6) is 0 Å². The van der Waals surface area contributed by atoms with Crippen LogP contribution in [0.3, 0.4) is 0 Å². The van der Waals surface area contributed by atoms with Gasteiger partial charge < -0.3 is 9.05 Å². The van der Waals surface area contributed by atoms with Crippen LogP contribution >= 0.6 is 0 Å². The highest BCUT2D eigenvalue weighted by atomic mass is 16.5. The first-order valence-corrected chi connectivity index (χ1v) is 8.71. The second-order valence-electron chi connectivity index (χ2n) is 7.00. The molecular weight excluding hydrogens is 308 g/mol. The van der Waals surface area contributed by atoms with Crippen molar-refractivity contribution < 1.29 is 9.05 Å². The first-order valence-electron chi connectivity index (χ1n) is 8.71. The molecule has 2 aliphatic rings. The summed E-state index contributed by atoms with van der Waals surface area (Å²) in [7, 11) is 2.12. The van der Waals surface area contributed by atoms with Gasteiger partial charge in [0.1, 0.15) is 0 Å². The van der Waals surface area contributed by atoms with Crippen molar-refractivity contribution in [2.45, 2.75) is 57.7 Å². The fourth-order valence-electron chi connectivity index (χ4n) is 3.31. The molecule has 8 heteroatoms. The normalized spacial score (nSPS) is 22.4. The predicted molar refractivity (Wildman–Crippen MR) is 85.1 cm³/mol. The molecule has 0 aromatic carbocycles. The lowest BCUT2D eigenvalue weighted by Crippen LogP contribution is -2.45. The molecule has 2 fully saturated rings. The van der Waals surface area contributed by atoms with Crippen LogP contribution in [0.4, 0.5) is 0 Å². The monoisotopic (exact) mass is 332 g/mol. The van der Waals surface area contributed by atoms with E-state index < -0.39 is 0 Å². The van der Waals surface area contributed by atoms with Crippen LogP contribution in [0.1, 0.15) is 55.0 Å². The topological polar surface area (TPSA) is 84.3 Å². The lowest BCUT2D eigenvalue weighted by Gasteiger charge is -2.36. The second-order valence-corrected chi connectivity index (χ2v) is 7.00. The van der Waals surface area contributed by atoms with Crippen molar-refractivity contribution in [3.63, 3.8) is 0 Å². The Bertz CT molecular complexity index is 680. The zero-order valence-electron chi connectivity index (χ0n) is 14.3. The Balaban J connectivity index is 1.32. The summed E-state index contributed by atoms with van der Waals surface area (Å²) in [5.41, 5.74) is 0. The first kappa shape index (κ1) is 15.7. The van der Waals surface area contributed by atoms with Crippen molar-refractivity contribution in [2.75, 3.05) is 20.1 Å². The minimum atomic E-state index is 0.473. The van der Waals surface area contributed by atoms with Gasteiger partial charge in [-0.2, -0.15) is 9.97 Å². The molecule has 0 amide bonds. The summed E-state index contributed by atoms with van der Waals surface area (Å²) >= 11 is 0. The van der Waals surface area contributed by atoms with Crippen LogP contribution in [-0.4, -0.2) is 56.3 Å². The van der Waals surface area contributed by atoms with Crippen LogP contribution in [-0.2, 0) is 13.1 Å². The number of piperidine rings is 1. The average molecular weight is 332 g/mol. The molecule has 0 N–H and O–H groups in total. The Kier molecular flexibility index (Phi) is 4.32. The third kappa shape index (κ3) is 3.64. The van der Waals surface area contributed by atoms with Crippen LogP contribution < -0.4 is 0 Å². The lowest BCUT2D eigenvalue weighted by molar-refractivity contribution is 0.0972. The van der Waals surface area contributed by atoms with E-state index in [1.165, 1.54) is 25.7 Å². The fourth-order valence-corrected chi connectivity index (χ4v) is 3.31. The van der Waals surface area contributed by atoms with Gasteiger partial charge in [0.15, 0.2) is 11.6 Å². The van der Waals surface area contributed by atoms with Gasteiger partial charge in [0, 0.05) is 18.5 Å². The van der Waals surface area contributed by atoms with E-state index >= 15 is 0 Å². The zero-order valence-corrected chi connectivity index (χ0v) is 14.3. The van der Waals surface area contributed by atoms with E-state index in [2.05, 4.69) is 37.1 Å². The maximum absolute atomic E-state index is 5.36. The van der Waals surface area contributed by atoms with Gasteiger partial charge in [-0.05, 0) is 46.2 Å². The largest absolute Gasteiger partial charge is 0.339 e. The van der Waals surface area contributed by atoms with E-state index in [4.69, 9.17) is 9.05 Å². The molecule has 24 heavy (non-hydrogen) atoms. The maximum Gasteiger partial charge on any atom is 0.240 e. The van der Waals surface area contributed by atoms with Gasteiger partial charge in [0.25, 0.3) is 0 Å². The molecule has 0 spiro atoms. The van der Waals surface area contributed by atoms with Gasteiger partial charge in [-0.3, -0.25) is 9.80 Å². The molecule has 1 unspecified atom stereocenters. The van der Waals surface area contributed by atoms with Crippen molar-refractivity contribution in [1.82, 2.24) is 30.1 Å². The van der Waals surface area contributed by atoms with Gasteiger partial charge >= 0.3 is 0 Å². The smallest absolute Gasteiger partial charge is 0.240 e. The van der Waals surface area contributed by atoms with Crippen molar-refractivity contribution >= 4 is 0 Å². The number of hydrogen-bond acceptors (Lipinski definition) is 8. The van der Waals surface area contributed by atoms with Gasteiger partial charge in [-0.15, -0.1) is 0 Å². The number of rotatable bonds is 6. The summed E-state index contributed by atoms with van der Waals surface area (Å²) in [6.45, 7) is 5.37. The van der Waals surface area contributed by atoms with E-state index in [0.29, 0.717) is 30.2 Å². The van der Waals surface area contributed by atoms with E-state index in [1.54, 1.807) is 0 Å². The molecule has 1 aliphatic carbocycles. The van der Waals surface area contributed by atoms with Crippen LogP contribution in [0, 0.1) is 6.92 Å². The third-order valence-electron chi connectivity index (χ3n) is 4.83. The van der Waals surface area contributed by atoms with E-state index in [-0.39, 0.29) is 0 Å². The fraction of sp³-hybridized carbons (Fsp3) is 0.750. The van der Waals surface area contributed by atoms with Gasteiger partial charge in [-0.1, -0.05) is 10.3 Å². The maximum atomic E-state index is 5.36. The third-order valence-corrected chi connectivity index (χ3v) is 4.83. The Morgan fingerprint density at radius 1 is 1.17 bits per heavy atom. The van der Waals surface area contributed by atoms with Crippen LogP contribution in [0.15, 0.2) is 9.05 Å². The summed E-state index contributed by atoms with van der Waals surface area (Å²) in [5, 5.41) is 7.99. The number of likely N-dealkylation sites (N-methyl/N-ethyl adjacent to an activating group) is 1. The van der Waals surface area contributed by atoms with Crippen molar-refractivity contribution in [3.8, 4) is 0 Å². The number of likely N-dealkylation sites (tertiary alicyclic amines) is 1. The van der Waals surface area contributed by atoms with E-state index in [0.717, 1.165) is 31.3 Å². The standard InChI is InChI=1S/C16H24N6O2/c1-11-17-15(23-19-11)10-21(2)13-4-3-7-22(8-13)9-14-18-16(24-20-14)12-5-6-12/h12-13H,3-10H2,1-2H3. The highest BCUT2D eigenvalue weighted by Crippen LogP contribution is 2.38. The summed E-state index contributed by atoms with van der Waals surface area (Å²) in [6, 6.07) is 0.473. The molecule has 1 aliphatic heterocycles. The van der Waals surface area contributed by atoms with Gasteiger partial charge in [0.05, 0.1) is 13.1 Å². The van der Waals surface area contributed by atoms with Gasteiger partial charge in [-0.25, -0.2) is 0 Å². The van der Waals surface area contributed by atoms with Crippen molar-refractivity contribution in [3.05, 3.63) is 23.4 Å². The molecule has 0 bridgehead atoms. The molecule has 1 saturated heterocycles. The molecule has 2 aromatic heterocycles. The first-order chi connectivity index (χ1) is 11.7. The molecule has 0 radical (unpaired) electrons. The molecule has 8 nitrogen and oxygen atoms in total. The number of hydrogen-bond donors (Lipinski definition) is 0. The number of aryl methyl sites for hydroxylation is 1. The Morgan fingerprint density at radius 2 is 2.04 bits per heavy atom. The quantitative estimate of drug-likeness (QED) is 0.791. The molecule has 3 heterocycles. The molecule has 2 aromatic rings. The molecule has 4 rings (SSSR count). The summed E-state index contributed by atoms with van der Waals surface area (Å²) in [5.74, 6) is 3.52. The Labute approximate surface area is 141 Å². The Hall–Kier alpha value is -1.80. The van der Waals surface area contributed by atoms with Crippen LogP contribution in [0.2, 0.25) is 0 Å². The molecular formula is C16H24N6O2. The minimum absolute atomic E-state index is 0.473. The van der Waals surface area contributed by atoms with Gasteiger partial charge in [0.2, 0.25) is 11.8 Å². The summed E-state index contributed by atoms with van der Waals surface area (Å²) < 4.78 is 10.6. The summed E-state index contributed by atoms with van der Waals surface area (Å²) in [6.07, 6.45) is 4.73. The summed E-state index contributed by atoms with van der Waals surface area (Å²) in [4.78, 5) is 13.5. The highest BCUT2D eigenvalue weighted by molar-refractivity contribution is 5.02. The van der Waals surface area contributed by atoms with E-state index in [9.17, 15) is 0 Å². The Morgan fingerprint density at radius 3 is 2.79 bits per heavy atom. The zero-order chi connectivity index (χ0) is 16.5. The minimum Gasteiger partial charge on any atom is -0.339 e. The second kappa shape index (κ2) is 6.60. The molecule has 1 saturated carbocycles. The number of nitrogens with zero attached hydrogens (tertiary/aromatic N) is 6. The van der Waals surface area contributed by atoms with Crippen LogP contribution in [0.25, 0.3) is 0 Å². The highest BCUT2D eigenvalue weighted by Gasteiger charge is 2.30. The lowest BCUT2D eigenvalue weighted by atomic mass is 10.0. The predicted octanol–water partition coefficient (Wildman–Crippen LogP) is 1.73.